The normalized spacial score (nSPS) is 13.7. The summed E-state index contributed by atoms with van der Waals surface area (Å²) in [6.45, 7) is 5.44. The number of alkyl halides is 3. The van der Waals surface area contributed by atoms with E-state index in [1.165, 1.54) is 29.5 Å². The van der Waals surface area contributed by atoms with Crippen molar-refractivity contribution in [2.75, 3.05) is 6.54 Å². The molecule has 1 aliphatic carbocycles. The maximum atomic E-state index is 12.7. The zero-order valence-electron chi connectivity index (χ0n) is 18.9. The van der Waals surface area contributed by atoms with Gasteiger partial charge in [0, 0.05) is 17.8 Å². The Morgan fingerprint density at radius 3 is 2.54 bits per heavy atom. The molecule has 35 heavy (non-hydrogen) atoms. The quantitative estimate of drug-likeness (QED) is 0.450. The fourth-order valence-electron chi connectivity index (χ4n) is 3.23. The fourth-order valence-corrected chi connectivity index (χ4v) is 5.23. The first-order valence-corrected chi connectivity index (χ1v) is 12.6. The van der Waals surface area contributed by atoms with Gasteiger partial charge in [0.05, 0.1) is 21.7 Å². The van der Waals surface area contributed by atoms with E-state index in [9.17, 15) is 31.5 Å². The molecule has 0 amide bonds. The van der Waals surface area contributed by atoms with Gasteiger partial charge in [0.1, 0.15) is 5.01 Å². The summed E-state index contributed by atoms with van der Waals surface area (Å²) in [5.74, 6) is -1.81. The molecule has 1 aliphatic rings. The minimum absolute atomic E-state index is 0.00881. The Morgan fingerprint density at radius 2 is 1.97 bits per heavy atom. The molecule has 0 atom stereocenters. The summed E-state index contributed by atoms with van der Waals surface area (Å²) in [4.78, 5) is 16.6. The number of carboxylic acids is 1. The lowest BCUT2D eigenvalue weighted by Crippen LogP contribution is -2.26. The summed E-state index contributed by atoms with van der Waals surface area (Å²) >= 11 is 1.28. The van der Waals surface area contributed by atoms with E-state index in [0.717, 1.165) is 17.0 Å². The third-order valence-electron chi connectivity index (χ3n) is 4.91. The van der Waals surface area contributed by atoms with Gasteiger partial charge in [-0.05, 0) is 48.4 Å². The lowest BCUT2D eigenvalue weighted by atomic mass is 9.97. The average Bonchev–Trinajstić information content (AvgIpc) is 3.13. The summed E-state index contributed by atoms with van der Waals surface area (Å²) in [7, 11) is -3.96. The van der Waals surface area contributed by atoms with Crippen molar-refractivity contribution in [3.05, 3.63) is 74.3 Å². The lowest BCUT2D eigenvalue weighted by molar-refractivity contribution is -0.303. The summed E-state index contributed by atoms with van der Waals surface area (Å²) < 4.78 is 68.5. The van der Waals surface area contributed by atoms with E-state index in [-0.39, 0.29) is 29.3 Å². The third kappa shape index (κ3) is 6.72. The number of aryl methyl sites for hydroxylation is 1. The van der Waals surface area contributed by atoms with E-state index >= 15 is 0 Å². The number of halogens is 3. The molecule has 0 fully saturated rings. The molecule has 0 spiro atoms. The molecule has 0 saturated heterocycles. The number of carbonyl (C=O) groups is 1. The number of rotatable bonds is 9. The van der Waals surface area contributed by atoms with Crippen LogP contribution in [0.15, 0.2) is 52.5 Å². The van der Waals surface area contributed by atoms with Crippen molar-refractivity contribution < 1.29 is 36.2 Å². The molecule has 2 aromatic rings. The van der Waals surface area contributed by atoms with Crippen LogP contribution in [0.5, 0.6) is 0 Å². The van der Waals surface area contributed by atoms with Gasteiger partial charge in [0.25, 0.3) is 0 Å². The highest BCUT2D eigenvalue weighted by molar-refractivity contribution is 7.89. The molecular formula is C23H21F3N2O5S2. The zero-order chi connectivity index (χ0) is 26.0. The predicted molar refractivity (Wildman–Crippen MR) is 123 cm³/mol. The van der Waals surface area contributed by atoms with Crippen LogP contribution in [0, 0.1) is 6.92 Å². The van der Waals surface area contributed by atoms with Crippen molar-refractivity contribution in [1.29, 1.82) is 0 Å². The van der Waals surface area contributed by atoms with Gasteiger partial charge in [0.15, 0.2) is 5.76 Å². The molecule has 0 unspecified atom stereocenters. The van der Waals surface area contributed by atoms with Crippen molar-refractivity contribution >= 4 is 32.9 Å². The van der Waals surface area contributed by atoms with Gasteiger partial charge in [-0.15, -0.1) is 24.5 Å². The second-order valence-electron chi connectivity index (χ2n) is 7.79. The molecule has 0 saturated carbocycles. The number of benzene rings is 1. The minimum atomic E-state index is -4.82. The number of hydrogen-bond donors (Lipinski definition) is 2. The molecule has 12 heteroatoms. The Morgan fingerprint density at radius 1 is 1.26 bits per heavy atom. The number of ether oxygens (including phenoxy) is 1. The standard InChI is InChI=1S/C23H21F3N2O5S2/c1-13(2)18-9-8-17(12-19(18)22(29)30)35(31,32)27-11-10-20-14(3)34-21(28-20)15-4-6-16(7-5-15)33-23(24,25)26/h4,6,8-9,12-13,27H,10-11H2,1-3H3,(H,29,30). The minimum Gasteiger partial charge on any atom is -0.478 e. The molecule has 0 radical (unpaired) electrons. The number of aromatic nitrogens is 1. The first-order chi connectivity index (χ1) is 16.3. The number of allylic oxidation sites excluding steroid dienone is 3. The Labute approximate surface area is 204 Å². The molecule has 0 bridgehead atoms. The van der Waals surface area contributed by atoms with E-state index in [0.29, 0.717) is 21.8 Å². The van der Waals surface area contributed by atoms with E-state index in [4.69, 9.17) is 0 Å². The molecule has 186 valence electrons. The van der Waals surface area contributed by atoms with Gasteiger partial charge >= 0.3 is 12.3 Å². The molecule has 1 heterocycles. The number of thiazole rings is 1. The Balaban J connectivity index is 1.72. The SMILES string of the molecule is Cc1sc(C2=C=C=C(OC(F)(F)F)C=C2)nc1CCNS(=O)(=O)c1ccc(C(C)C)c(C(=O)O)c1. The van der Waals surface area contributed by atoms with Gasteiger partial charge in [0.2, 0.25) is 10.0 Å². The number of sulfonamides is 1. The van der Waals surface area contributed by atoms with E-state index in [1.807, 2.05) is 13.8 Å². The summed E-state index contributed by atoms with van der Waals surface area (Å²) in [5, 5.41) is 9.93. The smallest absolute Gasteiger partial charge is 0.478 e. The Hall–Kier alpha value is -3.14. The van der Waals surface area contributed by atoms with Gasteiger partial charge in [-0.25, -0.2) is 22.9 Å². The first-order valence-electron chi connectivity index (χ1n) is 10.3. The van der Waals surface area contributed by atoms with Gasteiger partial charge in [-0.1, -0.05) is 25.6 Å². The summed E-state index contributed by atoms with van der Waals surface area (Å²) in [5.41, 5.74) is 6.38. The number of aromatic carboxylic acids is 1. The number of nitrogens with one attached hydrogen (secondary N) is 1. The zero-order valence-corrected chi connectivity index (χ0v) is 20.5. The van der Waals surface area contributed by atoms with E-state index < -0.39 is 28.1 Å². The van der Waals surface area contributed by atoms with Crippen LogP contribution in [0.2, 0.25) is 0 Å². The highest BCUT2D eigenvalue weighted by atomic mass is 32.2. The molecule has 3 rings (SSSR count). The second-order valence-corrected chi connectivity index (χ2v) is 10.8. The van der Waals surface area contributed by atoms with Gasteiger partial charge in [-0.3, -0.25) is 0 Å². The van der Waals surface area contributed by atoms with Crippen LogP contribution in [-0.4, -0.2) is 37.4 Å². The van der Waals surface area contributed by atoms with E-state index in [2.05, 4.69) is 25.9 Å². The molecule has 7 nitrogen and oxygen atoms in total. The van der Waals surface area contributed by atoms with Crippen LogP contribution < -0.4 is 4.72 Å². The number of nitrogens with zero attached hydrogens (tertiary/aromatic N) is 1. The largest absolute Gasteiger partial charge is 0.573 e. The van der Waals surface area contributed by atoms with Crippen molar-refractivity contribution in [3.63, 3.8) is 0 Å². The van der Waals surface area contributed by atoms with Crippen molar-refractivity contribution in [3.8, 4) is 0 Å². The monoisotopic (exact) mass is 526 g/mol. The Kier molecular flexibility index (Phi) is 7.74. The number of carboxylic acid groups (broad SMARTS) is 1. The molecule has 1 aromatic carbocycles. The van der Waals surface area contributed by atoms with Crippen LogP contribution in [0.25, 0.3) is 5.57 Å². The maximum Gasteiger partial charge on any atom is 0.573 e. The van der Waals surface area contributed by atoms with Crippen LogP contribution in [0.3, 0.4) is 0 Å². The maximum absolute atomic E-state index is 12.7. The molecule has 2 N–H and O–H groups in total. The molecule has 0 aliphatic heterocycles. The van der Waals surface area contributed by atoms with Crippen LogP contribution in [0.1, 0.15) is 51.3 Å². The molecular weight excluding hydrogens is 505 g/mol. The van der Waals surface area contributed by atoms with Crippen molar-refractivity contribution in [2.45, 2.75) is 44.4 Å². The fraction of sp³-hybridized carbons (Fsp3) is 0.304. The van der Waals surface area contributed by atoms with E-state index in [1.54, 1.807) is 6.92 Å². The second kappa shape index (κ2) is 10.2. The van der Waals surface area contributed by atoms with Crippen LogP contribution >= 0.6 is 11.3 Å². The topological polar surface area (TPSA) is 106 Å². The van der Waals surface area contributed by atoms with Crippen LogP contribution in [-0.2, 0) is 21.2 Å². The lowest BCUT2D eigenvalue weighted by Gasteiger charge is -2.12. The number of hydrogen-bond acceptors (Lipinski definition) is 6. The van der Waals surface area contributed by atoms with Crippen LogP contribution in [0.4, 0.5) is 13.2 Å². The predicted octanol–water partition coefficient (Wildman–Crippen LogP) is 4.92. The highest BCUT2D eigenvalue weighted by Gasteiger charge is 2.32. The first kappa shape index (κ1) is 26.5. The Bertz CT molecular complexity index is 1390. The molecule has 1 aromatic heterocycles. The summed E-state index contributed by atoms with van der Waals surface area (Å²) in [6.07, 6.45) is -2.09. The third-order valence-corrected chi connectivity index (χ3v) is 7.42. The van der Waals surface area contributed by atoms with Crippen molar-refractivity contribution in [2.24, 2.45) is 0 Å². The highest BCUT2D eigenvalue weighted by Crippen LogP contribution is 2.28. The van der Waals surface area contributed by atoms with Crippen molar-refractivity contribution in [1.82, 2.24) is 9.71 Å². The van der Waals surface area contributed by atoms with Gasteiger partial charge < -0.3 is 9.84 Å². The van der Waals surface area contributed by atoms with Gasteiger partial charge in [-0.2, -0.15) is 0 Å². The average molecular weight is 527 g/mol. The summed E-state index contributed by atoms with van der Waals surface area (Å²) in [6, 6.07) is 4.01.